The van der Waals surface area contributed by atoms with E-state index in [0.717, 1.165) is 48.6 Å². The van der Waals surface area contributed by atoms with Crippen molar-refractivity contribution in [2.24, 2.45) is 23.2 Å². The standard InChI is InChI=1S/C40H49N6O6S2/c1-7-44-31-13-12-24-16-26(31)27(36(44)25-10-8-14-41-35(25)23(3)51-6)18-40(4,5)21-52-39(50)29-11-9-15-45(43-29)37(48)32(17-33-42-30(24)20-54-33)46(53)38(49)34-22(2)28(34)19-47/h8,10,12-14,16,20,22-23,28-29,32,34,43,47H,7,9,11,15,17-19,21H2,1-6H3/q+1/t22-,23-,28+,29-,32?,34+/m0/s1. The van der Waals surface area contributed by atoms with Gasteiger partial charge in [-0.3, -0.25) is 19.6 Å². The van der Waals surface area contributed by atoms with Gasteiger partial charge in [0, 0.05) is 71.7 Å². The molecule has 7 rings (SSSR count). The first-order chi connectivity index (χ1) is 25.9. The summed E-state index contributed by atoms with van der Waals surface area (Å²) in [6.45, 7) is 11.3. The molecule has 54 heavy (non-hydrogen) atoms. The van der Waals surface area contributed by atoms with E-state index in [0.29, 0.717) is 37.4 Å². The number of hydrogen-bond acceptors (Lipinski definition) is 11. The number of hydrogen-bond donors (Lipinski definition) is 2. The van der Waals surface area contributed by atoms with Gasteiger partial charge in [-0.15, -0.1) is 11.3 Å². The van der Waals surface area contributed by atoms with E-state index in [2.05, 4.69) is 55.0 Å². The number of hydrazine groups is 1. The number of aliphatic hydroxyl groups is 1. The first kappa shape index (κ1) is 38.3. The Morgan fingerprint density at radius 2 is 2.07 bits per heavy atom. The largest absolute Gasteiger partial charge is 0.464 e. The van der Waals surface area contributed by atoms with Crippen LogP contribution in [0.5, 0.6) is 0 Å². The summed E-state index contributed by atoms with van der Waals surface area (Å²) in [4.78, 5) is 51.4. The number of fused-ring (bicyclic) bond motifs is 6. The normalized spacial score (nSPS) is 24.9. The molecule has 286 valence electrons. The van der Waals surface area contributed by atoms with Gasteiger partial charge in [0.1, 0.15) is 11.0 Å². The minimum atomic E-state index is -1.04. The Morgan fingerprint density at radius 3 is 2.80 bits per heavy atom. The first-order valence-electron chi connectivity index (χ1n) is 18.8. The molecule has 5 heterocycles. The third-order valence-corrected chi connectivity index (χ3v) is 12.7. The Hall–Kier alpha value is -3.95. The number of methoxy groups -OCH3 is 1. The fraction of sp³-hybridized carbons (Fsp3) is 0.525. The van der Waals surface area contributed by atoms with Crippen molar-refractivity contribution < 1.29 is 32.9 Å². The van der Waals surface area contributed by atoms with Crippen molar-refractivity contribution in [3.63, 3.8) is 0 Å². The molecule has 3 aromatic heterocycles. The van der Waals surface area contributed by atoms with E-state index in [1.165, 1.54) is 16.3 Å². The molecule has 14 heteroatoms. The molecule has 2 aliphatic heterocycles. The van der Waals surface area contributed by atoms with Crippen LogP contribution in [0.3, 0.4) is 0 Å². The fourth-order valence-corrected chi connectivity index (χ4v) is 9.28. The van der Waals surface area contributed by atoms with Gasteiger partial charge in [-0.05, 0) is 68.9 Å². The third-order valence-electron chi connectivity index (χ3n) is 11.4. The van der Waals surface area contributed by atoms with Gasteiger partial charge >= 0.3 is 17.8 Å². The van der Waals surface area contributed by atoms with Crippen LogP contribution in [-0.2, 0) is 55.7 Å². The van der Waals surface area contributed by atoms with Crippen LogP contribution in [0.4, 0.5) is 0 Å². The van der Waals surface area contributed by atoms with Crippen molar-refractivity contribution in [2.45, 2.75) is 85.0 Å². The van der Waals surface area contributed by atoms with Gasteiger partial charge in [0.25, 0.3) is 18.5 Å². The Balaban J connectivity index is 1.36. The Kier molecular flexibility index (Phi) is 10.9. The molecule has 0 radical (unpaired) electrons. The smallest absolute Gasteiger partial charge is 0.405 e. The van der Waals surface area contributed by atoms with Crippen LogP contribution in [0, 0.1) is 23.2 Å². The second-order valence-corrected chi connectivity index (χ2v) is 17.0. The molecule has 1 saturated heterocycles. The highest BCUT2D eigenvalue weighted by Crippen LogP contribution is 2.46. The van der Waals surface area contributed by atoms with Gasteiger partial charge in [-0.1, -0.05) is 30.8 Å². The van der Waals surface area contributed by atoms with Crippen molar-refractivity contribution in [1.29, 1.82) is 0 Å². The van der Waals surface area contributed by atoms with Crippen molar-refractivity contribution in [1.82, 2.24) is 25.0 Å². The van der Waals surface area contributed by atoms with Crippen molar-refractivity contribution in [3.05, 3.63) is 58.2 Å². The first-order valence-corrected chi connectivity index (χ1v) is 20.0. The van der Waals surface area contributed by atoms with Gasteiger partial charge in [-0.2, -0.15) is 0 Å². The highest BCUT2D eigenvalue weighted by molar-refractivity contribution is 7.44. The van der Waals surface area contributed by atoms with Crippen molar-refractivity contribution in [3.8, 4) is 22.5 Å². The van der Waals surface area contributed by atoms with Gasteiger partial charge < -0.3 is 19.1 Å². The average molecular weight is 774 g/mol. The topological polar surface area (TPSA) is 139 Å². The molecule has 4 aromatic rings. The summed E-state index contributed by atoms with van der Waals surface area (Å²) in [5.74, 6) is -1.84. The minimum Gasteiger partial charge on any atom is -0.464 e. The number of nitrogens with one attached hydrogen (secondary N) is 1. The molecule has 1 aromatic carbocycles. The molecule has 3 aliphatic rings. The van der Waals surface area contributed by atoms with Crippen LogP contribution < -0.4 is 5.43 Å². The maximum absolute atomic E-state index is 14.3. The number of ether oxygens (including phenoxy) is 2. The number of carbonyl (C=O) groups excluding carboxylic acids is 3. The van der Waals surface area contributed by atoms with E-state index in [1.54, 1.807) is 13.3 Å². The summed E-state index contributed by atoms with van der Waals surface area (Å²) >= 11 is 7.14. The number of carbonyl (C=O) groups is 3. The lowest BCUT2D eigenvalue weighted by Crippen LogP contribution is -2.59. The molecular weight excluding hydrogens is 725 g/mol. The van der Waals surface area contributed by atoms with Crippen LogP contribution in [0.2, 0.25) is 0 Å². The van der Waals surface area contributed by atoms with Crippen LogP contribution in [-0.4, -0.2) is 85.3 Å². The quantitative estimate of drug-likeness (QED) is 0.190. The summed E-state index contributed by atoms with van der Waals surface area (Å²) in [7, 11) is 1.69. The third kappa shape index (κ3) is 7.14. The average Bonchev–Trinajstić information content (AvgIpc) is 3.46. The number of esters is 1. The maximum atomic E-state index is 14.3. The SMILES string of the molecule is CCn1c(-c2cccnc2[C@H](C)OC)c2c3cc(ccc31)-c1csc(n1)CC([N+](=S)C(=O)[C@@H]1[C@@H](C)[C@H]1CO)C(=O)N1CCC[C@H](N1)C(=O)OCC(C)(C)C2. The van der Waals surface area contributed by atoms with Gasteiger partial charge in [0.05, 0.1) is 42.1 Å². The molecule has 1 saturated carbocycles. The Bertz CT molecular complexity index is 2110. The highest BCUT2D eigenvalue weighted by Gasteiger charge is 2.58. The zero-order chi connectivity index (χ0) is 38.5. The summed E-state index contributed by atoms with van der Waals surface area (Å²) in [5.41, 5.74) is 9.39. The summed E-state index contributed by atoms with van der Waals surface area (Å²) in [6.07, 6.45) is 3.33. The monoisotopic (exact) mass is 773 g/mol. The second-order valence-electron chi connectivity index (χ2n) is 15.6. The van der Waals surface area contributed by atoms with Crippen molar-refractivity contribution in [2.75, 3.05) is 26.9 Å². The van der Waals surface area contributed by atoms with E-state index < -0.39 is 35.3 Å². The predicted octanol–water partition coefficient (Wildman–Crippen LogP) is 5.23. The van der Waals surface area contributed by atoms with E-state index in [-0.39, 0.29) is 43.5 Å². The number of benzene rings is 1. The number of pyridine rings is 1. The molecule has 2 N–H and O–H groups in total. The summed E-state index contributed by atoms with van der Waals surface area (Å²) in [5, 5.41) is 14.9. The number of aromatic nitrogens is 3. The zero-order valence-electron chi connectivity index (χ0n) is 31.7. The van der Waals surface area contributed by atoms with Crippen LogP contribution in [0.1, 0.15) is 69.8 Å². The molecule has 2 fully saturated rings. The molecule has 2 amide bonds. The van der Waals surface area contributed by atoms with Crippen molar-refractivity contribution >= 4 is 52.4 Å². The fourth-order valence-electron chi connectivity index (χ4n) is 8.15. The van der Waals surface area contributed by atoms with Crippen LogP contribution in [0.15, 0.2) is 41.9 Å². The van der Waals surface area contributed by atoms with E-state index >= 15 is 0 Å². The molecule has 12 nitrogen and oxygen atoms in total. The Labute approximate surface area is 325 Å². The molecule has 6 atom stereocenters. The molecule has 1 aliphatic carbocycles. The van der Waals surface area contributed by atoms with Gasteiger partial charge in [0.2, 0.25) is 0 Å². The maximum Gasteiger partial charge on any atom is 0.405 e. The van der Waals surface area contributed by atoms with Crippen LogP contribution >= 0.6 is 11.3 Å². The zero-order valence-corrected chi connectivity index (χ0v) is 33.3. The number of cyclic esters (lactones) is 1. The molecular formula is C40H49N6O6S2+. The number of rotatable bonds is 7. The van der Waals surface area contributed by atoms with Gasteiger partial charge in [-0.25, -0.2) is 15.2 Å². The number of thiazole rings is 1. The lowest BCUT2D eigenvalue weighted by atomic mass is 9.84. The van der Waals surface area contributed by atoms with Gasteiger partial charge in [0.15, 0.2) is 0 Å². The minimum absolute atomic E-state index is 0.0266. The number of aryl methyl sites for hydroxylation is 1. The Morgan fingerprint density at radius 1 is 1.28 bits per heavy atom. The predicted molar refractivity (Wildman–Crippen MR) is 207 cm³/mol. The second kappa shape index (κ2) is 15.3. The number of amides is 2. The summed E-state index contributed by atoms with van der Waals surface area (Å²) < 4.78 is 15.3. The van der Waals surface area contributed by atoms with Crippen LogP contribution in [0.25, 0.3) is 33.4 Å². The van der Waals surface area contributed by atoms with E-state index in [9.17, 15) is 19.5 Å². The molecule has 6 bridgehead atoms. The lowest BCUT2D eigenvalue weighted by molar-refractivity contribution is -0.452. The van der Waals surface area contributed by atoms with E-state index in [4.69, 9.17) is 31.9 Å². The highest BCUT2D eigenvalue weighted by atomic mass is 32.1. The number of nitrogens with zero attached hydrogens (tertiary/aromatic N) is 5. The molecule has 0 spiro atoms. The molecule has 1 unspecified atom stereocenters. The summed E-state index contributed by atoms with van der Waals surface area (Å²) in [6, 6.07) is 8.64. The number of aliphatic hydroxyl groups excluding tert-OH is 1. The van der Waals surface area contributed by atoms with E-state index in [1.807, 2.05) is 25.3 Å². The lowest BCUT2D eigenvalue weighted by Gasteiger charge is -2.34.